The van der Waals surface area contributed by atoms with Gasteiger partial charge in [-0.3, -0.25) is 14.3 Å². The van der Waals surface area contributed by atoms with E-state index in [1.807, 2.05) is 30.3 Å². The van der Waals surface area contributed by atoms with Crippen molar-refractivity contribution in [3.63, 3.8) is 0 Å². The first kappa shape index (κ1) is 18.0. The highest BCUT2D eigenvalue weighted by atomic mass is 19.4. The molecule has 3 rings (SSSR count). The maximum atomic E-state index is 12.6. The van der Waals surface area contributed by atoms with Crippen LogP contribution in [0.25, 0.3) is 0 Å². The molecule has 1 aliphatic rings. The Bertz CT molecular complexity index is 789. The highest BCUT2D eigenvalue weighted by Crippen LogP contribution is 2.27. The Morgan fingerprint density at radius 2 is 1.96 bits per heavy atom. The van der Waals surface area contributed by atoms with Crippen molar-refractivity contribution in [3.8, 4) is 0 Å². The SMILES string of the molecule is O=C(Cn1ccc(C(F)(F)F)n1)NC1CCCN(c2ccccc2)C1=O. The molecule has 1 aromatic heterocycles. The fraction of sp³-hybridized carbons (Fsp3) is 0.353. The van der Waals surface area contributed by atoms with Gasteiger partial charge in [-0.05, 0) is 31.0 Å². The quantitative estimate of drug-likeness (QED) is 0.902. The molecule has 1 atom stereocenters. The Morgan fingerprint density at radius 1 is 1.23 bits per heavy atom. The summed E-state index contributed by atoms with van der Waals surface area (Å²) in [6.45, 7) is 0.175. The summed E-state index contributed by atoms with van der Waals surface area (Å²) in [6.07, 6.45) is -2.27. The van der Waals surface area contributed by atoms with Gasteiger partial charge in [0.25, 0.3) is 0 Å². The number of benzene rings is 1. The second-order valence-corrected chi connectivity index (χ2v) is 5.98. The molecule has 1 aromatic carbocycles. The maximum absolute atomic E-state index is 12.6. The second-order valence-electron chi connectivity index (χ2n) is 5.98. The van der Waals surface area contributed by atoms with Gasteiger partial charge in [0.15, 0.2) is 5.69 Å². The first-order chi connectivity index (χ1) is 12.3. The summed E-state index contributed by atoms with van der Waals surface area (Å²) in [5.74, 6) is -0.790. The summed E-state index contributed by atoms with van der Waals surface area (Å²) in [5.41, 5.74) is -0.312. The van der Waals surface area contributed by atoms with Crippen LogP contribution in [0.15, 0.2) is 42.6 Å². The highest BCUT2D eigenvalue weighted by molar-refractivity contribution is 5.99. The molecule has 2 amide bonds. The van der Waals surface area contributed by atoms with Crippen LogP contribution >= 0.6 is 0 Å². The molecule has 6 nitrogen and oxygen atoms in total. The van der Waals surface area contributed by atoms with E-state index in [0.29, 0.717) is 19.4 Å². The number of aromatic nitrogens is 2. The number of halogens is 3. The van der Waals surface area contributed by atoms with E-state index in [4.69, 9.17) is 0 Å². The van der Waals surface area contributed by atoms with Gasteiger partial charge < -0.3 is 10.2 Å². The molecule has 0 radical (unpaired) electrons. The number of carbonyl (C=O) groups is 2. The predicted molar refractivity (Wildman–Crippen MR) is 87.2 cm³/mol. The molecule has 1 N–H and O–H groups in total. The summed E-state index contributed by atoms with van der Waals surface area (Å²) in [5, 5.41) is 5.92. The number of amides is 2. The summed E-state index contributed by atoms with van der Waals surface area (Å²) in [4.78, 5) is 26.3. The zero-order valence-electron chi connectivity index (χ0n) is 13.7. The average Bonchev–Trinajstić information content (AvgIpc) is 3.06. The predicted octanol–water partition coefficient (Wildman–Crippen LogP) is 2.21. The minimum atomic E-state index is -4.56. The zero-order chi connectivity index (χ0) is 18.7. The number of anilines is 1. The van der Waals surface area contributed by atoms with Crippen molar-refractivity contribution in [2.24, 2.45) is 0 Å². The largest absolute Gasteiger partial charge is 0.435 e. The van der Waals surface area contributed by atoms with Crippen LogP contribution in [-0.2, 0) is 22.3 Å². The molecule has 0 spiro atoms. The third-order valence-corrected chi connectivity index (χ3v) is 4.08. The monoisotopic (exact) mass is 366 g/mol. The van der Waals surface area contributed by atoms with Crippen LogP contribution in [0.4, 0.5) is 18.9 Å². The number of nitrogens with one attached hydrogen (secondary N) is 1. The van der Waals surface area contributed by atoms with Gasteiger partial charge in [-0.25, -0.2) is 0 Å². The molecule has 26 heavy (non-hydrogen) atoms. The first-order valence-electron chi connectivity index (χ1n) is 8.11. The zero-order valence-corrected chi connectivity index (χ0v) is 13.7. The molecule has 1 fully saturated rings. The summed E-state index contributed by atoms with van der Waals surface area (Å²) < 4.78 is 38.5. The van der Waals surface area contributed by atoms with Crippen LogP contribution in [0.3, 0.4) is 0 Å². The number of alkyl halides is 3. The van der Waals surface area contributed by atoms with Crippen LogP contribution in [0.5, 0.6) is 0 Å². The Balaban J connectivity index is 1.62. The lowest BCUT2D eigenvalue weighted by Gasteiger charge is -2.32. The van der Waals surface area contributed by atoms with Crippen molar-refractivity contribution in [1.29, 1.82) is 0 Å². The Kier molecular flexibility index (Phi) is 4.97. The molecular weight excluding hydrogens is 349 g/mol. The van der Waals surface area contributed by atoms with E-state index in [1.165, 1.54) is 0 Å². The molecule has 0 bridgehead atoms. The maximum Gasteiger partial charge on any atom is 0.435 e. The number of piperidine rings is 1. The van der Waals surface area contributed by atoms with Gasteiger partial charge in [0.1, 0.15) is 12.6 Å². The number of para-hydroxylation sites is 1. The normalized spacial score (nSPS) is 18.0. The average molecular weight is 366 g/mol. The van der Waals surface area contributed by atoms with Crippen molar-refractivity contribution >= 4 is 17.5 Å². The fourth-order valence-corrected chi connectivity index (χ4v) is 2.86. The molecule has 1 unspecified atom stereocenters. The summed E-state index contributed by atoms with van der Waals surface area (Å²) in [6, 6.07) is 9.21. The number of hydrogen-bond acceptors (Lipinski definition) is 3. The molecule has 2 aromatic rings. The molecule has 0 saturated carbocycles. The molecule has 1 aliphatic heterocycles. The van der Waals surface area contributed by atoms with Crippen molar-refractivity contribution in [1.82, 2.24) is 15.1 Å². The first-order valence-corrected chi connectivity index (χ1v) is 8.11. The van der Waals surface area contributed by atoms with E-state index in [1.54, 1.807) is 4.90 Å². The second kappa shape index (κ2) is 7.19. The molecular formula is C17H17F3N4O2. The number of carbonyl (C=O) groups excluding carboxylic acids is 2. The van der Waals surface area contributed by atoms with Gasteiger partial charge in [0.05, 0.1) is 0 Å². The van der Waals surface area contributed by atoms with E-state index in [9.17, 15) is 22.8 Å². The van der Waals surface area contributed by atoms with E-state index >= 15 is 0 Å². The Morgan fingerprint density at radius 3 is 2.62 bits per heavy atom. The third kappa shape index (κ3) is 4.04. The van der Waals surface area contributed by atoms with Crippen molar-refractivity contribution in [3.05, 3.63) is 48.3 Å². The fourth-order valence-electron chi connectivity index (χ4n) is 2.86. The van der Waals surface area contributed by atoms with Crippen LogP contribution in [0.1, 0.15) is 18.5 Å². The lowest BCUT2D eigenvalue weighted by atomic mass is 10.0. The van der Waals surface area contributed by atoms with Gasteiger partial charge in [0.2, 0.25) is 11.8 Å². The van der Waals surface area contributed by atoms with Gasteiger partial charge >= 0.3 is 6.18 Å². The van der Waals surface area contributed by atoms with Gasteiger partial charge in [-0.15, -0.1) is 0 Å². The lowest BCUT2D eigenvalue weighted by Crippen LogP contribution is -2.53. The minimum absolute atomic E-state index is 0.229. The van der Waals surface area contributed by atoms with E-state index < -0.39 is 23.8 Å². The summed E-state index contributed by atoms with van der Waals surface area (Å²) in [7, 11) is 0. The molecule has 0 aliphatic carbocycles. The Hall–Kier alpha value is -2.84. The van der Waals surface area contributed by atoms with E-state index in [2.05, 4.69) is 10.4 Å². The van der Waals surface area contributed by atoms with E-state index in [0.717, 1.165) is 22.6 Å². The van der Waals surface area contributed by atoms with Crippen LogP contribution in [0, 0.1) is 0 Å². The van der Waals surface area contributed by atoms with Gasteiger partial charge in [-0.1, -0.05) is 18.2 Å². The molecule has 1 saturated heterocycles. The van der Waals surface area contributed by atoms with Crippen molar-refractivity contribution in [2.45, 2.75) is 31.6 Å². The van der Waals surface area contributed by atoms with E-state index in [-0.39, 0.29) is 12.5 Å². The number of nitrogens with zero attached hydrogens (tertiary/aromatic N) is 3. The molecule has 9 heteroatoms. The standard InChI is InChI=1S/C17H17F3N4O2/c18-17(19,20)14-8-10-23(22-14)11-15(25)21-13-7-4-9-24(16(13)26)12-5-2-1-3-6-12/h1-3,5-6,8,10,13H,4,7,9,11H2,(H,21,25). The van der Waals surface area contributed by atoms with Gasteiger partial charge in [-0.2, -0.15) is 18.3 Å². The smallest absolute Gasteiger partial charge is 0.343 e. The van der Waals surface area contributed by atoms with Crippen molar-refractivity contribution < 1.29 is 22.8 Å². The minimum Gasteiger partial charge on any atom is -0.343 e. The highest BCUT2D eigenvalue weighted by Gasteiger charge is 2.34. The topological polar surface area (TPSA) is 67.2 Å². The molecule has 2 heterocycles. The van der Waals surface area contributed by atoms with Crippen LogP contribution < -0.4 is 10.2 Å². The van der Waals surface area contributed by atoms with Gasteiger partial charge in [0, 0.05) is 18.4 Å². The third-order valence-electron chi connectivity index (χ3n) is 4.08. The molecule has 138 valence electrons. The van der Waals surface area contributed by atoms with Crippen molar-refractivity contribution in [2.75, 3.05) is 11.4 Å². The number of rotatable bonds is 4. The summed E-state index contributed by atoms with van der Waals surface area (Å²) >= 11 is 0. The Labute approximate surface area is 147 Å². The number of hydrogen-bond donors (Lipinski definition) is 1. The lowest BCUT2D eigenvalue weighted by molar-refractivity contribution is -0.141. The van der Waals surface area contributed by atoms with Crippen LogP contribution in [-0.4, -0.2) is 34.2 Å². The van der Waals surface area contributed by atoms with Crippen LogP contribution in [0.2, 0.25) is 0 Å².